The van der Waals surface area contributed by atoms with E-state index in [-0.39, 0.29) is 12.4 Å². The molecule has 0 spiro atoms. The molecule has 0 saturated heterocycles. The van der Waals surface area contributed by atoms with Crippen LogP contribution in [0, 0.1) is 0 Å². The Labute approximate surface area is 166 Å². The van der Waals surface area contributed by atoms with Crippen molar-refractivity contribution >= 4 is 28.8 Å². The molecule has 0 amide bonds. The summed E-state index contributed by atoms with van der Waals surface area (Å²) in [5.74, 6) is 1.52. The van der Waals surface area contributed by atoms with Crippen LogP contribution in [-0.2, 0) is 12.8 Å². The molecule has 0 aliphatic carbocycles. The fraction of sp³-hybridized carbons (Fsp3) is 0.150. The number of phenols is 1. The third-order valence-corrected chi connectivity index (χ3v) is 4.58. The molecule has 0 atom stereocenters. The standard InChI is InChI=1S/C20H18ClN5O2/c21-15-4-3-14(9-10-27)17(12-15)22-18-7-8-19-23-24-20(26(19)25-18)11-13-1-5-16(28)6-2-13/h1-8,12,27-28H,9-11H2,(H,22,25). The van der Waals surface area contributed by atoms with E-state index in [0.29, 0.717) is 35.2 Å². The summed E-state index contributed by atoms with van der Waals surface area (Å²) >= 11 is 6.12. The molecule has 0 bridgehead atoms. The van der Waals surface area contributed by atoms with Crippen molar-refractivity contribution in [2.24, 2.45) is 0 Å². The normalized spacial score (nSPS) is 11.1. The average molecular weight is 396 g/mol. The lowest BCUT2D eigenvalue weighted by atomic mass is 10.1. The van der Waals surface area contributed by atoms with Crippen molar-refractivity contribution in [3.05, 3.63) is 76.6 Å². The van der Waals surface area contributed by atoms with Gasteiger partial charge in [0.25, 0.3) is 0 Å². The Hall–Kier alpha value is -3.16. The summed E-state index contributed by atoms with van der Waals surface area (Å²) in [7, 11) is 0. The Kier molecular flexibility index (Phi) is 5.10. The molecule has 4 rings (SSSR count). The molecule has 2 aromatic heterocycles. The van der Waals surface area contributed by atoms with Crippen LogP contribution >= 0.6 is 11.6 Å². The molecular formula is C20H18ClN5O2. The van der Waals surface area contributed by atoms with Gasteiger partial charge in [-0.3, -0.25) is 0 Å². The lowest BCUT2D eigenvalue weighted by Gasteiger charge is -2.11. The van der Waals surface area contributed by atoms with Gasteiger partial charge in [-0.15, -0.1) is 15.3 Å². The van der Waals surface area contributed by atoms with E-state index < -0.39 is 0 Å². The quantitative estimate of drug-likeness (QED) is 0.463. The number of hydrogen-bond acceptors (Lipinski definition) is 6. The molecule has 0 saturated carbocycles. The number of aliphatic hydroxyl groups is 1. The first kappa shape index (κ1) is 18.2. The van der Waals surface area contributed by atoms with Crippen LogP contribution in [0.1, 0.15) is 17.0 Å². The number of halogens is 1. The van der Waals surface area contributed by atoms with Crippen LogP contribution in [0.4, 0.5) is 11.5 Å². The minimum absolute atomic E-state index is 0.0466. The first-order valence-corrected chi connectivity index (χ1v) is 9.16. The number of aromatic hydroxyl groups is 1. The number of hydrogen-bond donors (Lipinski definition) is 3. The van der Waals surface area contributed by atoms with Crippen LogP contribution in [0.5, 0.6) is 5.75 Å². The van der Waals surface area contributed by atoms with Gasteiger partial charge in [0, 0.05) is 23.7 Å². The first-order chi connectivity index (χ1) is 13.6. The molecule has 0 unspecified atom stereocenters. The summed E-state index contributed by atoms with van der Waals surface area (Å²) in [6.07, 6.45) is 1.05. The van der Waals surface area contributed by atoms with Crippen molar-refractivity contribution in [1.29, 1.82) is 0 Å². The van der Waals surface area contributed by atoms with Crippen molar-refractivity contribution in [2.75, 3.05) is 11.9 Å². The molecule has 142 valence electrons. The maximum atomic E-state index is 9.43. The maximum Gasteiger partial charge on any atom is 0.178 e. The van der Waals surface area contributed by atoms with Crippen LogP contribution in [-0.4, -0.2) is 36.6 Å². The molecule has 0 fully saturated rings. The number of phenolic OH excluding ortho intramolecular Hbond substituents is 1. The zero-order chi connectivity index (χ0) is 19.5. The summed E-state index contributed by atoms with van der Waals surface area (Å²) in [5.41, 5.74) is 3.37. The number of anilines is 2. The molecule has 0 radical (unpaired) electrons. The summed E-state index contributed by atoms with van der Waals surface area (Å²) < 4.78 is 1.69. The fourth-order valence-electron chi connectivity index (χ4n) is 2.95. The van der Waals surface area contributed by atoms with Crippen LogP contribution in [0.2, 0.25) is 5.02 Å². The highest BCUT2D eigenvalue weighted by atomic mass is 35.5. The van der Waals surface area contributed by atoms with Crippen molar-refractivity contribution in [2.45, 2.75) is 12.8 Å². The third kappa shape index (κ3) is 3.90. The van der Waals surface area contributed by atoms with Gasteiger partial charge in [0.05, 0.1) is 0 Å². The maximum absolute atomic E-state index is 9.43. The number of aliphatic hydroxyl groups excluding tert-OH is 1. The minimum Gasteiger partial charge on any atom is -0.508 e. The van der Waals surface area contributed by atoms with Crippen molar-refractivity contribution in [3.63, 3.8) is 0 Å². The summed E-state index contributed by atoms with van der Waals surface area (Å²) in [4.78, 5) is 0. The second kappa shape index (κ2) is 7.84. The Morgan fingerprint density at radius 3 is 2.61 bits per heavy atom. The van der Waals surface area contributed by atoms with Gasteiger partial charge < -0.3 is 15.5 Å². The van der Waals surface area contributed by atoms with E-state index in [1.54, 1.807) is 22.7 Å². The van der Waals surface area contributed by atoms with Crippen LogP contribution < -0.4 is 5.32 Å². The molecule has 3 N–H and O–H groups in total. The number of nitrogens with zero attached hydrogens (tertiary/aromatic N) is 4. The van der Waals surface area contributed by atoms with Gasteiger partial charge in [0.1, 0.15) is 5.75 Å². The lowest BCUT2D eigenvalue weighted by Crippen LogP contribution is -2.05. The summed E-state index contributed by atoms with van der Waals surface area (Å²) in [6, 6.07) is 16.1. The third-order valence-electron chi connectivity index (χ3n) is 4.34. The monoisotopic (exact) mass is 395 g/mol. The molecule has 4 aromatic rings. The highest BCUT2D eigenvalue weighted by Crippen LogP contribution is 2.25. The molecule has 0 aliphatic rings. The van der Waals surface area contributed by atoms with E-state index in [0.717, 1.165) is 16.8 Å². The predicted molar refractivity (Wildman–Crippen MR) is 107 cm³/mol. The number of nitrogens with one attached hydrogen (secondary N) is 1. The average Bonchev–Trinajstić information content (AvgIpc) is 3.08. The largest absolute Gasteiger partial charge is 0.508 e. The Balaban J connectivity index is 1.64. The molecule has 28 heavy (non-hydrogen) atoms. The Bertz CT molecular complexity index is 1110. The Morgan fingerprint density at radius 2 is 1.82 bits per heavy atom. The van der Waals surface area contributed by atoms with E-state index >= 15 is 0 Å². The van der Waals surface area contributed by atoms with E-state index in [9.17, 15) is 10.2 Å². The second-order valence-corrected chi connectivity index (χ2v) is 6.78. The van der Waals surface area contributed by atoms with Gasteiger partial charge in [-0.1, -0.05) is 29.8 Å². The van der Waals surface area contributed by atoms with E-state index in [1.165, 1.54) is 0 Å². The molecule has 8 heteroatoms. The highest BCUT2D eigenvalue weighted by molar-refractivity contribution is 6.30. The molecular weight excluding hydrogens is 378 g/mol. The van der Waals surface area contributed by atoms with Gasteiger partial charge >= 0.3 is 0 Å². The van der Waals surface area contributed by atoms with Crippen molar-refractivity contribution in [3.8, 4) is 5.75 Å². The number of rotatable bonds is 6. The van der Waals surface area contributed by atoms with E-state index in [4.69, 9.17) is 11.6 Å². The zero-order valence-corrected chi connectivity index (χ0v) is 15.6. The molecule has 2 heterocycles. The topological polar surface area (TPSA) is 95.6 Å². The van der Waals surface area contributed by atoms with Gasteiger partial charge in [-0.05, 0) is 53.9 Å². The SMILES string of the molecule is OCCc1ccc(Cl)cc1Nc1ccc2nnc(Cc3ccc(O)cc3)n2n1. The van der Waals surface area contributed by atoms with Crippen molar-refractivity contribution in [1.82, 2.24) is 19.8 Å². The molecule has 2 aromatic carbocycles. The smallest absolute Gasteiger partial charge is 0.178 e. The minimum atomic E-state index is 0.0466. The fourth-order valence-corrected chi connectivity index (χ4v) is 3.12. The van der Waals surface area contributed by atoms with Gasteiger partial charge in [-0.25, -0.2) is 0 Å². The van der Waals surface area contributed by atoms with Crippen LogP contribution in [0.3, 0.4) is 0 Å². The number of benzene rings is 2. The predicted octanol–water partition coefficient (Wildman–Crippen LogP) is 3.35. The molecule has 7 nitrogen and oxygen atoms in total. The summed E-state index contributed by atoms with van der Waals surface area (Å²) in [6.45, 7) is 0.0466. The zero-order valence-electron chi connectivity index (χ0n) is 14.9. The number of fused-ring (bicyclic) bond motifs is 1. The molecule has 0 aliphatic heterocycles. The number of aromatic nitrogens is 4. The van der Waals surface area contributed by atoms with Gasteiger partial charge in [0.2, 0.25) is 0 Å². The van der Waals surface area contributed by atoms with Gasteiger partial charge in [0.15, 0.2) is 17.3 Å². The van der Waals surface area contributed by atoms with E-state index in [2.05, 4.69) is 20.6 Å². The lowest BCUT2D eigenvalue weighted by molar-refractivity contribution is 0.300. The van der Waals surface area contributed by atoms with E-state index in [1.807, 2.05) is 36.4 Å². The van der Waals surface area contributed by atoms with Crippen molar-refractivity contribution < 1.29 is 10.2 Å². The summed E-state index contributed by atoms with van der Waals surface area (Å²) in [5, 5.41) is 35.6. The highest BCUT2D eigenvalue weighted by Gasteiger charge is 2.10. The van der Waals surface area contributed by atoms with Crippen LogP contribution in [0.25, 0.3) is 5.65 Å². The second-order valence-electron chi connectivity index (χ2n) is 6.35. The van der Waals surface area contributed by atoms with Gasteiger partial charge in [-0.2, -0.15) is 4.52 Å². The van der Waals surface area contributed by atoms with Crippen LogP contribution in [0.15, 0.2) is 54.6 Å². The Morgan fingerprint density at radius 1 is 1.00 bits per heavy atom. The first-order valence-electron chi connectivity index (χ1n) is 8.78.